The van der Waals surface area contributed by atoms with Crippen LogP contribution in [0.2, 0.25) is 0 Å². The number of hydrogen-bond acceptors (Lipinski definition) is 6. The van der Waals surface area contributed by atoms with Gasteiger partial charge in [-0.2, -0.15) is 5.10 Å². The SMILES string of the molecule is C=CCn1c(-c2cccnc2)nn(CN(C)Cc2cc(OC)c(OC)cc2C)c1=S. The van der Waals surface area contributed by atoms with Gasteiger partial charge in [-0.25, -0.2) is 4.68 Å². The van der Waals surface area contributed by atoms with E-state index >= 15 is 0 Å². The molecule has 0 radical (unpaired) electrons. The molecule has 0 fully saturated rings. The smallest absolute Gasteiger partial charge is 0.199 e. The average Bonchev–Trinajstić information content (AvgIpc) is 3.05. The van der Waals surface area contributed by atoms with Crippen molar-refractivity contribution < 1.29 is 9.47 Å². The molecule has 0 N–H and O–H groups in total. The minimum absolute atomic E-state index is 0.546. The molecule has 3 rings (SSSR count). The Bertz CT molecular complexity index is 1080. The molecule has 0 aliphatic rings. The quantitative estimate of drug-likeness (QED) is 0.380. The highest BCUT2D eigenvalue weighted by molar-refractivity contribution is 7.71. The van der Waals surface area contributed by atoms with Crippen LogP contribution in [0, 0.1) is 11.7 Å². The number of pyridine rings is 1. The highest BCUT2D eigenvalue weighted by Crippen LogP contribution is 2.30. The van der Waals surface area contributed by atoms with Gasteiger partial charge in [0.1, 0.15) is 0 Å². The van der Waals surface area contributed by atoms with Crippen molar-refractivity contribution in [2.75, 3.05) is 21.3 Å². The molecule has 0 aliphatic carbocycles. The van der Waals surface area contributed by atoms with Crippen LogP contribution in [0.15, 0.2) is 49.3 Å². The highest BCUT2D eigenvalue weighted by Gasteiger charge is 2.15. The Balaban J connectivity index is 1.86. The number of ether oxygens (including phenoxy) is 2. The normalized spacial score (nSPS) is 11.0. The number of benzene rings is 1. The fourth-order valence-electron chi connectivity index (χ4n) is 3.30. The molecule has 2 aromatic heterocycles. The van der Waals surface area contributed by atoms with Crippen LogP contribution in [0.25, 0.3) is 11.4 Å². The predicted octanol–water partition coefficient (Wildman–Crippen LogP) is 4.08. The molecule has 0 unspecified atom stereocenters. The number of aryl methyl sites for hydroxylation is 1. The maximum Gasteiger partial charge on any atom is 0.199 e. The van der Waals surface area contributed by atoms with E-state index < -0.39 is 0 Å². The Morgan fingerprint density at radius 2 is 1.97 bits per heavy atom. The maximum atomic E-state index is 5.69. The molecule has 2 heterocycles. The van der Waals surface area contributed by atoms with E-state index in [2.05, 4.69) is 23.4 Å². The van der Waals surface area contributed by atoms with Crippen molar-refractivity contribution in [2.24, 2.45) is 0 Å². The third kappa shape index (κ3) is 4.60. The summed E-state index contributed by atoms with van der Waals surface area (Å²) in [6, 6.07) is 7.88. The average molecular weight is 426 g/mol. The largest absolute Gasteiger partial charge is 0.493 e. The van der Waals surface area contributed by atoms with E-state index in [0.29, 0.717) is 24.5 Å². The van der Waals surface area contributed by atoms with Gasteiger partial charge in [0.25, 0.3) is 0 Å². The lowest BCUT2D eigenvalue weighted by atomic mass is 10.1. The van der Waals surface area contributed by atoms with Crippen molar-refractivity contribution in [1.82, 2.24) is 24.2 Å². The van der Waals surface area contributed by atoms with Crippen LogP contribution in [0.5, 0.6) is 11.5 Å². The zero-order valence-corrected chi connectivity index (χ0v) is 18.6. The zero-order valence-electron chi connectivity index (χ0n) is 17.8. The van der Waals surface area contributed by atoms with Crippen LogP contribution in [0.1, 0.15) is 11.1 Å². The lowest BCUT2D eigenvalue weighted by Crippen LogP contribution is -2.23. The Labute approximate surface area is 182 Å². The summed E-state index contributed by atoms with van der Waals surface area (Å²) in [7, 11) is 5.32. The molecule has 0 bridgehead atoms. The summed E-state index contributed by atoms with van der Waals surface area (Å²) in [5.74, 6) is 2.23. The van der Waals surface area contributed by atoms with E-state index in [1.807, 2.05) is 46.6 Å². The van der Waals surface area contributed by atoms with Gasteiger partial charge in [0.15, 0.2) is 22.1 Å². The van der Waals surface area contributed by atoms with Crippen LogP contribution in [0.4, 0.5) is 0 Å². The second-order valence-electron chi connectivity index (χ2n) is 7.04. The second kappa shape index (κ2) is 9.69. The van der Waals surface area contributed by atoms with Gasteiger partial charge in [-0.05, 0) is 61.6 Å². The second-order valence-corrected chi connectivity index (χ2v) is 7.40. The van der Waals surface area contributed by atoms with Crippen LogP contribution in [-0.2, 0) is 19.8 Å². The summed E-state index contributed by atoms with van der Waals surface area (Å²) in [5, 5.41) is 4.77. The minimum Gasteiger partial charge on any atom is -0.493 e. The fraction of sp³-hybridized carbons (Fsp3) is 0.318. The van der Waals surface area contributed by atoms with Crippen LogP contribution in [-0.4, -0.2) is 45.5 Å². The topological polar surface area (TPSA) is 57.3 Å². The van der Waals surface area contributed by atoms with E-state index in [0.717, 1.165) is 34.0 Å². The first-order valence-corrected chi connectivity index (χ1v) is 9.98. The van der Waals surface area contributed by atoms with Crippen LogP contribution < -0.4 is 9.47 Å². The molecule has 0 atom stereocenters. The first-order valence-electron chi connectivity index (χ1n) is 9.57. The molecule has 8 heteroatoms. The van der Waals surface area contributed by atoms with Crippen molar-refractivity contribution >= 4 is 12.2 Å². The molecule has 0 amide bonds. The number of rotatable bonds is 9. The van der Waals surface area contributed by atoms with Crippen LogP contribution >= 0.6 is 12.2 Å². The maximum absolute atomic E-state index is 5.69. The van der Waals surface area contributed by atoms with Gasteiger partial charge >= 0.3 is 0 Å². The Hall–Kier alpha value is -2.97. The summed E-state index contributed by atoms with van der Waals surface area (Å²) in [4.78, 5) is 6.36. The monoisotopic (exact) mass is 425 g/mol. The van der Waals surface area contributed by atoms with E-state index in [-0.39, 0.29) is 0 Å². The molecule has 0 saturated carbocycles. The number of nitrogens with zero attached hydrogens (tertiary/aromatic N) is 5. The molecule has 0 saturated heterocycles. The summed E-state index contributed by atoms with van der Waals surface area (Å²) in [6.45, 7) is 7.75. The number of aromatic nitrogens is 4. The lowest BCUT2D eigenvalue weighted by molar-refractivity contribution is 0.243. The van der Waals surface area contributed by atoms with E-state index in [9.17, 15) is 0 Å². The summed E-state index contributed by atoms with van der Waals surface area (Å²) >= 11 is 5.69. The molecule has 3 aromatic rings. The van der Waals surface area contributed by atoms with Crippen molar-refractivity contribution in [3.05, 3.63) is 65.2 Å². The molecule has 158 valence electrons. The number of methoxy groups -OCH3 is 2. The summed E-state index contributed by atoms with van der Waals surface area (Å²) < 4.78 is 15.3. The van der Waals surface area contributed by atoms with E-state index in [1.165, 1.54) is 0 Å². The zero-order chi connectivity index (χ0) is 21.7. The Morgan fingerprint density at radius 3 is 2.60 bits per heavy atom. The first kappa shape index (κ1) is 21.7. The van der Waals surface area contributed by atoms with Crippen molar-refractivity contribution in [2.45, 2.75) is 26.7 Å². The molecule has 7 nitrogen and oxygen atoms in total. The van der Waals surface area contributed by atoms with Crippen molar-refractivity contribution in [1.29, 1.82) is 0 Å². The van der Waals surface area contributed by atoms with E-state index in [4.69, 9.17) is 26.8 Å². The predicted molar refractivity (Wildman–Crippen MR) is 120 cm³/mol. The van der Waals surface area contributed by atoms with Gasteiger partial charge < -0.3 is 9.47 Å². The third-order valence-electron chi connectivity index (χ3n) is 4.81. The number of hydrogen-bond donors (Lipinski definition) is 0. The van der Waals surface area contributed by atoms with Gasteiger partial charge in [0, 0.05) is 31.0 Å². The lowest BCUT2D eigenvalue weighted by Gasteiger charge is -2.19. The standard InChI is InChI=1S/C22H27N5O2S/c1-6-10-26-21(17-8-7-9-23-13-17)24-27(22(26)30)15-25(3)14-18-12-20(29-5)19(28-4)11-16(18)2/h6-9,11-13H,1,10,14-15H2,2-5H3. The molecule has 0 aliphatic heterocycles. The van der Waals surface area contributed by atoms with Crippen LogP contribution in [0.3, 0.4) is 0 Å². The molecular formula is C22H27N5O2S. The van der Waals surface area contributed by atoms with Crippen molar-refractivity contribution in [3.8, 4) is 22.9 Å². The van der Waals surface area contributed by atoms with Gasteiger partial charge in [0.2, 0.25) is 0 Å². The van der Waals surface area contributed by atoms with Gasteiger partial charge in [0.05, 0.1) is 20.9 Å². The van der Waals surface area contributed by atoms with E-state index in [1.54, 1.807) is 26.6 Å². The molecule has 1 aromatic carbocycles. The molecule has 30 heavy (non-hydrogen) atoms. The number of allylic oxidation sites excluding steroid dienone is 1. The van der Waals surface area contributed by atoms with Gasteiger partial charge in [-0.1, -0.05) is 6.08 Å². The van der Waals surface area contributed by atoms with Gasteiger partial charge in [-0.3, -0.25) is 14.5 Å². The fourth-order valence-corrected chi connectivity index (χ4v) is 3.56. The summed E-state index contributed by atoms with van der Waals surface area (Å²) in [6.07, 6.45) is 5.35. The van der Waals surface area contributed by atoms with Gasteiger partial charge in [-0.15, -0.1) is 6.58 Å². The third-order valence-corrected chi connectivity index (χ3v) is 5.24. The minimum atomic E-state index is 0.546. The Morgan fingerprint density at radius 1 is 1.23 bits per heavy atom. The Kier molecular flexibility index (Phi) is 7.02. The molecule has 0 spiro atoms. The first-order chi connectivity index (χ1) is 14.5. The van der Waals surface area contributed by atoms with Crippen molar-refractivity contribution in [3.63, 3.8) is 0 Å². The highest BCUT2D eigenvalue weighted by atomic mass is 32.1. The molecular weight excluding hydrogens is 398 g/mol. The summed E-state index contributed by atoms with van der Waals surface area (Å²) in [5.41, 5.74) is 3.21.